The van der Waals surface area contributed by atoms with Crippen LogP contribution in [0.15, 0.2) is 0 Å². The van der Waals surface area contributed by atoms with Crippen LogP contribution in [0.4, 0.5) is 0 Å². The lowest BCUT2D eigenvalue weighted by molar-refractivity contribution is -0.122. The van der Waals surface area contributed by atoms with E-state index < -0.39 is 5.97 Å². The molecule has 1 aromatic rings. The number of carbonyl (C=O) groups is 3. The smallest absolute Gasteiger partial charge is 0.339 e. The lowest BCUT2D eigenvalue weighted by Gasteiger charge is -2.32. The van der Waals surface area contributed by atoms with Gasteiger partial charge < -0.3 is 24.8 Å². The molecule has 2 amide bonds. The Labute approximate surface area is 203 Å². The highest BCUT2D eigenvalue weighted by atomic mass is 16.5. The molecule has 3 heterocycles. The van der Waals surface area contributed by atoms with Crippen molar-refractivity contribution in [1.82, 2.24) is 20.1 Å². The van der Waals surface area contributed by atoms with Crippen LogP contribution in [0.5, 0.6) is 0 Å². The third-order valence-electron chi connectivity index (χ3n) is 7.56. The van der Waals surface area contributed by atoms with Gasteiger partial charge >= 0.3 is 5.97 Å². The Kier molecular flexibility index (Phi) is 9.56. The summed E-state index contributed by atoms with van der Waals surface area (Å²) in [6.45, 7) is 10.1. The second-order valence-corrected chi connectivity index (χ2v) is 9.99. The molecule has 8 nitrogen and oxygen atoms in total. The molecule has 0 bridgehead atoms. The van der Waals surface area contributed by atoms with E-state index in [1.165, 1.54) is 45.9 Å². The first-order chi connectivity index (χ1) is 16.3. The maximum Gasteiger partial charge on any atom is 0.339 e. The van der Waals surface area contributed by atoms with Gasteiger partial charge in [0.1, 0.15) is 5.69 Å². The maximum absolute atomic E-state index is 13.0. The molecule has 0 saturated carbocycles. The Balaban J connectivity index is 1.40. The Bertz CT molecular complexity index is 849. The van der Waals surface area contributed by atoms with Gasteiger partial charge in [0.15, 0.2) is 0 Å². The van der Waals surface area contributed by atoms with Crippen molar-refractivity contribution in [2.45, 2.75) is 78.2 Å². The number of amides is 2. The summed E-state index contributed by atoms with van der Waals surface area (Å²) in [5.41, 5.74) is 2.16. The van der Waals surface area contributed by atoms with Gasteiger partial charge in [-0.2, -0.15) is 0 Å². The molecule has 2 saturated heterocycles. The van der Waals surface area contributed by atoms with E-state index in [1.807, 2.05) is 4.90 Å². The zero-order valence-electron chi connectivity index (χ0n) is 21.4. The molecular formula is C26H42N4O4. The average Bonchev–Trinajstić information content (AvgIpc) is 2.99. The van der Waals surface area contributed by atoms with E-state index in [2.05, 4.69) is 22.1 Å². The molecule has 190 valence electrons. The van der Waals surface area contributed by atoms with E-state index in [0.717, 1.165) is 25.8 Å². The van der Waals surface area contributed by atoms with Crippen LogP contribution < -0.4 is 5.32 Å². The van der Waals surface area contributed by atoms with Gasteiger partial charge in [-0.05, 0) is 77.4 Å². The van der Waals surface area contributed by atoms with Gasteiger partial charge in [0.2, 0.25) is 5.91 Å². The molecule has 2 fully saturated rings. The van der Waals surface area contributed by atoms with Crippen LogP contribution in [0.2, 0.25) is 0 Å². The summed E-state index contributed by atoms with van der Waals surface area (Å²) in [6.07, 6.45) is 8.37. The molecule has 2 aliphatic heterocycles. The fraction of sp³-hybridized carbons (Fsp3) is 0.731. The summed E-state index contributed by atoms with van der Waals surface area (Å²) in [4.78, 5) is 45.0. The Morgan fingerprint density at radius 2 is 1.71 bits per heavy atom. The topological polar surface area (TPSA) is 94.7 Å². The molecule has 0 unspecified atom stereocenters. The lowest BCUT2D eigenvalue weighted by atomic mass is 9.93. The highest BCUT2D eigenvalue weighted by Gasteiger charge is 2.29. The Hall–Kier alpha value is -2.35. The fourth-order valence-electron chi connectivity index (χ4n) is 5.34. The molecule has 0 radical (unpaired) electrons. The van der Waals surface area contributed by atoms with Crippen molar-refractivity contribution in [3.8, 4) is 0 Å². The minimum absolute atomic E-state index is 0.0962. The second kappa shape index (κ2) is 12.4. The molecule has 0 aliphatic carbocycles. The van der Waals surface area contributed by atoms with E-state index >= 15 is 0 Å². The molecule has 0 aromatic carbocycles. The Morgan fingerprint density at radius 3 is 2.32 bits per heavy atom. The van der Waals surface area contributed by atoms with Gasteiger partial charge in [0, 0.05) is 37.8 Å². The molecule has 3 rings (SSSR count). The van der Waals surface area contributed by atoms with Crippen molar-refractivity contribution in [3.63, 3.8) is 0 Å². The number of hydrogen-bond acceptors (Lipinski definition) is 5. The zero-order chi connectivity index (χ0) is 24.7. The number of nitrogens with zero attached hydrogens (tertiary/aromatic N) is 2. The lowest BCUT2D eigenvalue weighted by Crippen LogP contribution is -2.40. The van der Waals surface area contributed by atoms with E-state index in [9.17, 15) is 14.4 Å². The number of methoxy groups -OCH3 is 1. The van der Waals surface area contributed by atoms with Gasteiger partial charge in [-0.1, -0.05) is 12.8 Å². The van der Waals surface area contributed by atoms with Crippen molar-refractivity contribution in [2.24, 2.45) is 5.92 Å². The summed E-state index contributed by atoms with van der Waals surface area (Å²) < 4.78 is 4.84. The van der Waals surface area contributed by atoms with Crippen molar-refractivity contribution in [2.75, 3.05) is 39.8 Å². The number of aryl methyl sites for hydroxylation is 1. The molecule has 2 N–H and O–H groups in total. The minimum atomic E-state index is -0.434. The minimum Gasteiger partial charge on any atom is -0.465 e. The normalized spacial score (nSPS) is 18.9. The predicted octanol–water partition coefficient (Wildman–Crippen LogP) is 3.43. The van der Waals surface area contributed by atoms with E-state index in [4.69, 9.17) is 4.74 Å². The predicted molar refractivity (Wildman–Crippen MR) is 132 cm³/mol. The number of carbonyl (C=O) groups excluding carboxylic acids is 3. The molecule has 0 spiro atoms. The first kappa shape index (κ1) is 26.3. The number of hydrogen-bond donors (Lipinski definition) is 2. The van der Waals surface area contributed by atoms with Crippen LogP contribution in [0.3, 0.4) is 0 Å². The van der Waals surface area contributed by atoms with Crippen LogP contribution in [0.25, 0.3) is 0 Å². The summed E-state index contributed by atoms with van der Waals surface area (Å²) in [5.74, 6) is -0.118. The summed E-state index contributed by atoms with van der Waals surface area (Å²) in [6, 6.07) is 0.507. The highest BCUT2D eigenvalue weighted by Crippen LogP contribution is 2.25. The van der Waals surface area contributed by atoms with E-state index in [0.29, 0.717) is 54.0 Å². The molecular weight excluding hydrogens is 432 g/mol. The van der Waals surface area contributed by atoms with Crippen LogP contribution in [-0.2, 0) is 9.53 Å². The molecule has 2 aliphatic rings. The SMILES string of the molecule is COC(=O)c1c(C)[nH]c(C(=O)N2CCC(CC(=O)NCC[C@H](C)N3CCCCCC3)CC2)c1C. The fourth-order valence-corrected chi connectivity index (χ4v) is 5.34. The summed E-state index contributed by atoms with van der Waals surface area (Å²) in [5, 5.41) is 3.11. The van der Waals surface area contributed by atoms with Gasteiger partial charge in [-0.15, -0.1) is 0 Å². The third-order valence-corrected chi connectivity index (χ3v) is 7.56. The van der Waals surface area contributed by atoms with Crippen molar-refractivity contribution >= 4 is 17.8 Å². The van der Waals surface area contributed by atoms with Crippen LogP contribution >= 0.6 is 0 Å². The number of H-pyrrole nitrogens is 1. The standard InChI is InChI=1S/C26H42N4O4/c1-18(29-13-7-5-6-8-14-29)9-12-27-22(31)17-21-10-15-30(16-11-21)25(32)24-19(2)23(20(3)28-24)26(33)34-4/h18,21,28H,5-17H2,1-4H3,(H,27,31)/t18-/m0/s1. The van der Waals surface area contributed by atoms with Gasteiger partial charge in [-0.25, -0.2) is 4.79 Å². The number of aromatic nitrogens is 1. The van der Waals surface area contributed by atoms with Crippen LogP contribution in [0, 0.1) is 19.8 Å². The first-order valence-electron chi connectivity index (χ1n) is 12.9. The monoisotopic (exact) mass is 474 g/mol. The molecule has 1 aromatic heterocycles. The average molecular weight is 475 g/mol. The van der Waals surface area contributed by atoms with Crippen molar-refractivity contribution in [3.05, 3.63) is 22.5 Å². The third kappa shape index (κ3) is 6.62. The quantitative estimate of drug-likeness (QED) is 0.563. The van der Waals surface area contributed by atoms with Gasteiger partial charge in [0.25, 0.3) is 5.91 Å². The number of esters is 1. The maximum atomic E-state index is 13.0. The van der Waals surface area contributed by atoms with Crippen molar-refractivity contribution < 1.29 is 19.1 Å². The summed E-state index contributed by atoms with van der Waals surface area (Å²) in [7, 11) is 1.34. The highest BCUT2D eigenvalue weighted by molar-refractivity contribution is 6.00. The van der Waals surface area contributed by atoms with E-state index in [1.54, 1.807) is 13.8 Å². The number of aromatic amines is 1. The number of ether oxygens (including phenoxy) is 1. The molecule has 1 atom stereocenters. The first-order valence-corrected chi connectivity index (χ1v) is 12.9. The van der Waals surface area contributed by atoms with E-state index in [-0.39, 0.29) is 11.8 Å². The zero-order valence-corrected chi connectivity index (χ0v) is 21.4. The second-order valence-electron chi connectivity index (χ2n) is 9.99. The largest absolute Gasteiger partial charge is 0.465 e. The van der Waals surface area contributed by atoms with Gasteiger partial charge in [-0.3, -0.25) is 9.59 Å². The van der Waals surface area contributed by atoms with Crippen molar-refractivity contribution in [1.29, 1.82) is 0 Å². The number of piperidine rings is 1. The number of likely N-dealkylation sites (tertiary alicyclic amines) is 2. The van der Waals surface area contributed by atoms with Crippen LogP contribution in [0.1, 0.15) is 90.4 Å². The van der Waals surface area contributed by atoms with Gasteiger partial charge in [0.05, 0.1) is 12.7 Å². The Morgan fingerprint density at radius 1 is 1.06 bits per heavy atom. The van der Waals surface area contributed by atoms with Crippen LogP contribution in [-0.4, -0.2) is 78.4 Å². The number of rotatable bonds is 8. The number of nitrogens with one attached hydrogen (secondary N) is 2. The summed E-state index contributed by atoms with van der Waals surface area (Å²) >= 11 is 0. The molecule has 8 heteroatoms. The molecule has 34 heavy (non-hydrogen) atoms.